The standard InChI is InChI=1S/C16H21NO2S/c1-12(18)14-10-11-17(20(19)16(2,3)4)15(14)13-8-6-5-7-9-13/h5-10,15H,11H2,1-4H3/t15-,20?/m1/s1. The molecule has 0 radical (unpaired) electrons. The summed E-state index contributed by atoms with van der Waals surface area (Å²) in [5.41, 5.74) is 1.76. The van der Waals surface area contributed by atoms with Gasteiger partial charge in [0.25, 0.3) is 0 Å². The van der Waals surface area contributed by atoms with Crippen molar-refractivity contribution in [1.82, 2.24) is 4.31 Å². The highest BCUT2D eigenvalue weighted by Crippen LogP contribution is 2.38. The Morgan fingerprint density at radius 2 is 1.90 bits per heavy atom. The van der Waals surface area contributed by atoms with Crippen LogP contribution in [-0.4, -0.2) is 25.9 Å². The Morgan fingerprint density at radius 1 is 1.30 bits per heavy atom. The van der Waals surface area contributed by atoms with E-state index in [1.807, 2.05) is 61.5 Å². The van der Waals surface area contributed by atoms with Crippen LogP contribution in [0.5, 0.6) is 0 Å². The Bertz CT molecular complexity index is 519. The van der Waals surface area contributed by atoms with Crippen LogP contribution in [0.2, 0.25) is 0 Å². The largest absolute Gasteiger partial charge is 0.597 e. The van der Waals surface area contributed by atoms with E-state index in [9.17, 15) is 9.35 Å². The van der Waals surface area contributed by atoms with Gasteiger partial charge in [-0.1, -0.05) is 36.4 Å². The van der Waals surface area contributed by atoms with E-state index in [4.69, 9.17) is 0 Å². The van der Waals surface area contributed by atoms with Crippen LogP contribution < -0.4 is 0 Å². The number of carbonyl (C=O) groups excluding carboxylic acids is 1. The van der Waals surface area contributed by atoms with E-state index in [1.54, 1.807) is 6.92 Å². The van der Waals surface area contributed by atoms with Crippen LogP contribution in [0.4, 0.5) is 0 Å². The number of hydrogen-bond donors (Lipinski definition) is 0. The molecule has 0 N–H and O–H groups in total. The van der Waals surface area contributed by atoms with Crippen molar-refractivity contribution in [2.75, 3.05) is 6.54 Å². The maximum Gasteiger partial charge on any atom is 0.157 e. The fourth-order valence-corrected chi connectivity index (χ4v) is 3.73. The van der Waals surface area contributed by atoms with E-state index < -0.39 is 11.4 Å². The minimum atomic E-state index is -1.15. The predicted molar refractivity (Wildman–Crippen MR) is 82.5 cm³/mol. The minimum absolute atomic E-state index is 0.0484. The second-order valence-corrected chi connectivity index (χ2v) is 8.18. The molecule has 20 heavy (non-hydrogen) atoms. The number of ketones is 1. The zero-order valence-electron chi connectivity index (χ0n) is 12.4. The molecule has 0 saturated carbocycles. The van der Waals surface area contributed by atoms with Crippen molar-refractivity contribution in [2.24, 2.45) is 0 Å². The van der Waals surface area contributed by atoms with Gasteiger partial charge >= 0.3 is 0 Å². The molecule has 108 valence electrons. The van der Waals surface area contributed by atoms with E-state index in [0.29, 0.717) is 6.54 Å². The quantitative estimate of drug-likeness (QED) is 0.804. The van der Waals surface area contributed by atoms with Gasteiger partial charge in [-0.15, -0.1) is 4.31 Å². The maximum absolute atomic E-state index is 12.7. The zero-order valence-corrected chi connectivity index (χ0v) is 13.2. The molecular weight excluding hydrogens is 270 g/mol. The average Bonchev–Trinajstić information content (AvgIpc) is 2.82. The Labute approximate surface area is 124 Å². The van der Waals surface area contributed by atoms with Crippen LogP contribution in [-0.2, 0) is 16.2 Å². The van der Waals surface area contributed by atoms with Gasteiger partial charge in [0.2, 0.25) is 0 Å². The number of benzene rings is 1. The third-order valence-corrected chi connectivity index (χ3v) is 5.17. The molecule has 0 spiro atoms. The van der Waals surface area contributed by atoms with Gasteiger partial charge in [0.1, 0.15) is 10.8 Å². The number of hydrogen-bond acceptors (Lipinski definition) is 3. The van der Waals surface area contributed by atoms with Crippen LogP contribution >= 0.6 is 0 Å². The summed E-state index contributed by atoms with van der Waals surface area (Å²) in [6.07, 6.45) is 1.91. The average molecular weight is 291 g/mol. The molecule has 1 unspecified atom stereocenters. The molecule has 0 bridgehead atoms. The number of Topliss-reactive ketones (excluding diaryl/α,β-unsaturated/α-hetero) is 1. The fraction of sp³-hybridized carbons (Fsp3) is 0.438. The van der Waals surface area contributed by atoms with Gasteiger partial charge in [0, 0.05) is 16.9 Å². The van der Waals surface area contributed by atoms with Crippen LogP contribution in [0.3, 0.4) is 0 Å². The molecule has 0 fully saturated rings. The monoisotopic (exact) mass is 291 g/mol. The molecule has 1 aromatic carbocycles. The van der Waals surface area contributed by atoms with Crippen LogP contribution in [0.25, 0.3) is 0 Å². The smallest absolute Gasteiger partial charge is 0.157 e. The molecular formula is C16H21NO2S. The van der Waals surface area contributed by atoms with Crippen LogP contribution in [0, 0.1) is 0 Å². The molecule has 1 aliphatic rings. The van der Waals surface area contributed by atoms with Gasteiger partial charge in [0.15, 0.2) is 5.78 Å². The summed E-state index contributed by atoms with van der Waals surface area (Å²) in [5, 5.41) is 0. The summed E-state index contributed by atoms with van der Waals surface area (Å²) in [5.74, 6) is 0.0484. The lowest BCUT2D eigenvalue weighted by Crippen LogP contribution is -2.43. The van der Waals surface area contributed by atoms with E-state index >= 15 is 0 Å². The molecule has 2 atom stereocenters. The van der Waals surface area contributed by atoms with Crippen LogP contribution in [0.1, 0.15) is 39.3 Å². The number of carbonyl (C=O) groups is 1. The first-order valence-electron chi connectivity index (χ1n) is 6.77. The fourth-order valence-electron chi connectivity index (χ4n) is 2.39. The Morgan fingerprint density at radius 3 is 2.40 bits per heavy atom. The summed E-state index contributed by atoms with van der Waals surface area (Å²) < 4.78 is 14.3. The molecule has 4 heteroatoms. The van der Waals surface area contributed by atoms with Gasteiger partial charge in [-0.25, -0.2) is 0 Å². The molecule has 2 rings (SSSR count). The first kappa shape index (κ1) is 15.3. The highest BCUT2D eigenvalue weighted by Gasteiger charge is 2.43. The summed E-state index contributed by atoms with van der Waals surface area (Å²) in [6.45, 7) is 7.99. The van der Waals surface area contributed by atoms with Crippen molar-refractivity contribution in [1.29, 1.82) is 0 Å². The van der Waals surface area contributed by atoms with E-state index in [2.05, 4.69) is 0 Å². The third kappa shape index (κ3) is 2.97. The molecule has 0 aromatic heterocycles. The molecule has 0 aliphatic carbocycles. The highest BCUT2D eigenvalue weighted by molar-refractivity contribution is 7.90. The van der Waals surface area contributed by atoms with Gasteiger partial charge in [-0.3, -0.25) is 4.79 Å². The van der Waals surface area contributed by atoms with Crippen molar-refractivity contribution in [3.63, 3.8) is 0 Å². The molecule has 1 heterocycles. The highest BCUT2D eigenvalue weighted by atomic mass is 32.2. The Balaban J connectivity index is 2.38. The minimum Gasteiger partial charge on any atom is -0.597 e. The van der Waals surface area contributed by atoms with Crippen molar-refractivity contribution < 1.29 is 9.35 Å². The maximum atomic E-state index is 12.7. The molecule has 1 aliphatic heterocycles. The topological polar surface area (TPSA) is 43.4 Å². The zero-order chi connectivity index (χ0) is 14.9. The van der Waals surface area contributed by atoms with Gasteiger partial charge < -0.3 is 4.55 Å². The summed E-state index contributed by atoms with van der Waals surface area (Å²) in [6, 6.07) is 9.61. The van der Waals surface area contributed by atoms with Crippen LogP contribution in [0.15, 0.2) is 42.0 Å². The summed E-state index contributed by atoms with van der Waals surface area (Å²) >= 11 is -1.15. The van der Waals surface area contributed by atoms with Crippen molar-refractivity contribution in [2.45, 2.75) is 38.5 Å². The SMILES string of the molecule is CC(=O)C1=CCN([S+]([O-])C(C)(C)C)[C@@H]1c1ccccc1. The lowest BCUT2D eigenvalue weighted by molar-refractivity contribution is -0.114. The predicted octanol–water partition coefficient (Wildman–Crippen LogP) is 3.02. The third-order valence-electron chi connectivity index (χ3n) is 3.33. The molecule has 3 nitrogen and oxygen atoms in total. The van der Waals surface area contributed by atoms with E-state index in [-0.39, 0.29) is 16.6 Å². The lowest BCUT2D eigenvalue weighted by Gasteiger charge is -2.34. The first-order valence-corrected chi connectivity index (χ1v) is 7.87. The van der Waals surface area contributed by atoms with E-state index in [0.717, 1.165) is 11.1 Å². The van der Waals surface area contributed by atoms with E-state index in [1.165, 1.54) is 0 Å². The second kappa shape index (κ2) is 5.72. The molecule has 0 amide bonds. The summed E-state index contributed by atoms with van der Waals surface area (Å²) in [7, 11) is 0. The van der Waals surface area contributed by atoms with Gasteiger partial charge in [-0.2, -0.15) is 0 Å². The molecule has 1 aromatic rings. The Hall–Kier alpha value is -1.10. The van der Waals surface area contributed by atoms with Gasteiger partial charge in [-0.05, 0) is 33.3 Å². The normalized spacial score (nSPS) is 21.6. The summed E-state index contributed by atoms with van der Waals surface area (Å²) in [4.78, 5) is 11.9. The Kier molecular flexibility index (Phi) is 4.37. The van der Waals surface area contributed by atoms with Crippen molar-refractivity contribution in [3.05, 3.63) is 47.5 Å². The lowest BCUT2D eigenvalue weighted by atomic mass is 9.98. The second-order valence-electron chi connectivity index (χ2n) is 5.99. The van der Waals surface area contributed by atoms with Crippen molar-refractivity contribution in [3.8, 4) is 0 Å². The van der Waals surface area contributed by atoms with Gasteiger partial charge in [0.05, 0.1) is 6.54 Å². The van der Waals surface area contributed by atoms with Crippen molar-refractivity contribution >= 4 is 17.1 Å². The number of nitrogens with zero attached hydrogens (tertiary/aromatic N) is 1. The first-order chi connectivity index (χ1) is 9.32. The molecule has 0 saturated heterocycles. The number of rotatable bonds is 3.